The van der Waals surface area contributed by atoms with Crippen LogP contribution in [0.2, 0.25) is 0 Å². The van der Waals surface area contributed by atoms with Crippen LogP contribution in [0.5, 0.6) is 0 Å². The van der Waals surface area contributed by atoms with Crippen molar-refractivity contribution in [2.45, 2.75) is 13.3 Å². The van der Waals surface area contributed by atoms with Crippen molar-refractivity contribution in [3.05, 3.63) is 36.0 Å². The molecule has 1 atom stereocenters. The monoisotopic (exact) mass is 217 g/mol. The maximum atomic E-state index is 10.8. The Morgan fingerprint density at radius 2 is 2.12 bits per heavy atom. The lowest BCUT2D eigenvalue weighted by atomic mass is 10.1. The predicted molar refractivity (Wildman–Crippen MR) is 63.4 cm³/mol. The fourth-order valence-corrected chi connectivity index (χ4v) is 1.94. The van der Waals surface area contributed by atoms with E-state index in [0.29, 0.717) is 6.42 Å². The Kier molecular flexibility index (Phi) is 2.69. The molecule has 0 aliphatic carbocycles. The largest absolute Gasteiger partial charge is 0.481 e. The van der Waals surface area contributed by atoms with Gasteiger partial charge in [-0.1, -0.05) is 25.1 Å². The highest BCUT2D eigenvalue weighted by molar-refractivity contribution is 5.81. The molecule has 0 amide bonds. The summed E-state index contributed by atoms with van der Waals surface area (Å²) in [7, 11) is 1.98. The number of carboxylic acids is 1. The summed E-state index contributed by atoms with van der Waals surface area (Å²) in [6, 6.07) is 10.1. The van der Waals surface area contributed by atoms with Gasteiger partial charge in [-0.2, -0.15) is 0 Å². The minimum absolute atomic E-state index is 0.344. The molecule has 0 saturated carbocycles. The lowest BCUT2D eigenvalue weighted by molar-refractivity contribution is -0.141. The molecule has 3 nitrogen and oxygen atoms in total. The highest BCUT2D eigenvalue weighted by atomic mass is 16.4. The summed E-state index contributed by atoms with van der Waals surface area (Å²) in [6.07, 6.45) is 0.570. The van der Waals surface area contributed by atoms with Gasteiger partial charge >= 0.3 is 5.97 Å². The van der Waals surface area contributed by atoms with E-state index in [2.05, 4.69) is 10.6 Å². The molecule has 16 heavy (non-hydrogen) atoms. The summed E-state index contributed by atoms with van der Waals surface area (Å²) in [5.41, 5.74) is 2.21. The van der Waals surface area contributed by atoms with Crippen molar-refractivity contribution in [1.82, 2.24) is 4.57 Å². The molecule has 0 fully saturated rings. The van der Waals surface area contributed by atoms with Crippen molar-refractivity contribution < 1.29 is 9.90 Å². The number of hydrogen-bond acceptors (Lipinski definition) is 1. The first-order valence-electron chi connectivity index (χ1n) is 5.35. The summed E-state index contributed by atoms with van der Waals surface area (Å²) >= 11 is 0. The summed E-state index contributed by atoms with van der Waals surface area (Å²) in [5, 5.41) is 10.1. The van der Waals surface area contributed by atoms with Crippen molar-refractivity contribution in [2.75, 3.05) is 0 Å². The predicted octanol–water partition coefficient (Wildman–Crippen LogP) is 2.44. The van der Waals surface area contributed by atoms with Crippen LogP contribution < -0.4 is 0 Å². The summed E-state index contributed by atoms with van der Waals surface area (Å²) in [6.45, 7) is 1.74. The van der Waals surface area contributed by atoms with Gasteiger partial charge < -0.3 is 9.67 Å². The maximum absolute atomic E-state index is 10.8. The van der Waals surface area contributed by atoms with Gasteiger partial charge in [0.2, 0.25) is 0 Å². The van der Waals surface area contributed by atoms with Gasteiger partial charge in [-0.05, 0) is 17.5 Å². The van der Waals surface area contributed by atoms with Crippen LogP contribution in [0.4, 0.5) is 0 Å². The van der Waals surface area contributed by atoms with E-state index in [1.165, 1.54) is 0 Å². The fourth-order valence-electron chi connectivity index (χ4n) is 1.94. The first kappa shape index (κ1) is 10.7. The van der Waals surface area contributed by atoms with Crippen molar-refractivity contribution in [2.24, 2.45) is 13.0 Å². The third-order valence-corrected chi connectivity index (χ3v) is 2.99. The summed E-state index contributed by atoms with van der Waals surface area (Å²) < 4.78 is 2.06. The normalized spacial score (nSPS) is 12.9. The van der Waals surface area contributed by atoms with E-state index >= 15 is 0 Å². The molecule has 0 spiro atoms. The number of carboxylic acid groups (broad SMARTS) is 1. The SMILES string of the molecule is CC(Cc1cc2ccccc2n1C)C(=O)O. The van der Waals surface area contributed by atoms with E-state index in [1.807, 2.05) is 31.3 Å². The van der Waals surface area contributed by atoms with E-state index in [1.54, 1.807) is 6.92 Å². The number of benzene rings is 1. The van der Waals surface area contributed by atoms with E-state index < -0.39 is 5.97 Å². The average molecular weight is 217 g/mol. The van der Waals surface area contributed by atoms with E-state index in [-0.39, 0.29) is 5.92 Å². The van der Waals surface area contributed by atoms with Crippen LogP contribution in [0.3, 0.4) is 0 Å². The van der Waals surface area contributed by atoms with Crippen LogP contribution in [0.15, 0.2) is 30.3 Å². The molecular weight excluding hydrogens is 202 g/mol. The lowest BCUT2D eigenvalue weighted by Gasteiger charge is -2.07. The Labute approximate surface area is 94.3 Å². The second-order valence-corrected chi connectivity index (χ2v) is 4.20. The molecule has 0 aliphatic rings. The van der Waals surface area contributed by atoms with Crippen molar-refractivity contribution in [3.63, 3.8) is 0 Å². The van der Waals surface area contributed by atoms with Gasteiger partial charge in [-0.15, -0.1) is 0 Å². The molecule has 1 aromatic carbocycles. The molecule has 0 aliphatic heterocycles. The zero-order valence-electron chi connectivity index (χ0n) is 9.47. The summed E-state index contributed by atoms with van der Waals surface area (Å²) in [4.78, 5) is 10.8. The highest BCUT2D eigenvalue weighted by Gasteiger charge is 2.14. The third-order valence-electron chi connectivity index (χ3n) is 2.99. The zero-order valence-corrected chi connectivity index (χ0v) is 9.47. The molecule has 0 bridgehead atoms. The maximum Gasteiger partial charge on any atom is 0.306 e. The first-order chi connectivity index (χ1) is 7.59. The Balaban J connectivity index is 2.38. The number of nitrogens with zero attached hydrogens (tertiary/aromatic N) is 1. The van der Waals surface area contributed by atoms with Gasteiger partial charge in [0.1, 0.15) is 0 Å². The number of fused-ring (bicyclic) bond motifs is 1. The molecular formula is C13H15NO2. The van der Waals surface area contributed by atoms with Crippen molar-refractivity contribution >= 4 is 16.9 Å². The minimum atomic E-state index is -0.745. The Bertz CT molecular complexity index is 528. The van der Waals surface area contributed by atoms with Gasteiger partial charge in [0, 0.05) is 24.7 Å². The average Bonchev–Trinajstić information content (AvgIpc) is 2.56. The van der Waals surface area contributed by atoms with Crippen LogP contribution in [0.25, 0.3) is 10.9 Å². The number of hydrogen-bond donors (Lipinski definition) is 1. The Morgan fingerprint density at radius 1 is 1.44 bits per heavy atom. The van der Waals surface area contributed by atoms with Crippen LogP contribution in [-0.2, 0) is 18.3 Å². The number of rotatable bonds is 3. The number of aromatic nitrogens is 1. The minimum Gasteiger partial charge on any atom is -0.481 e. The van der Waals surface area contributed by atoms with Crippen molar-refractivity contribution in [1.29, 1.82) is 0 Å². The van der Waals surface area contributed by atoms with Gasteiger partial charge in [-0.3, -0.25) is 4.79 Å². The van der Waals surface area contributed by atoms with Gasteiger partial charge in [-0.25, -0.2) is 0 Å². The van der Waals surface area contributed by atoms with Gasteiger partial charge in [0.15, 0.2) is 0 Å². The molecule has 1 N–H and O–H groups in total. The second-order valence-electron chi connectivity index (χ2n) is 4.20. The molecule has 3 heteroatoms. The van der Waals surface area contributed by atoms with Crippen LogP contribution in [0, 0.1) is 5.92 Å². The van der Waals surface area contributed by atoms with Gasteiger partial charge in [0.05, 0.1) is 5.92 Å². The van der Waals surface area contributed by atoms with E-state index in [9.17, 15) is 4.79 Å². The Morgan fingerprint density at radius 3 is 2.75 bits per heavy atom. The summed E-state index contributed by atoms with van der Waals surface area (Å²) in [5.74, 6) is -1.09. The zero-order chi connectivity index (χ0) is 11.7. The van der Waals surface area contributed by atoms with E-state index in [4.69, 9.17) is 5.11 Å². The first-order valence-corrected chi connectivity index (χ1v) is 5.35. The molecule has 0 radical (unpaired) electrons. The molecule has 0 saturated heterocycles. The molecule has 1 heterocycles. The third kappa shape index (κ3) is 1.81. The second kappa shape index (κ2) is 4.00. The molecule has 2 aromatic rings. The molecule has 1 aromatic heterocycles. The quantitative estimate of drug-likeness (QED) is 0.858. The smallest absolute Gasteiger partial charge is 0.306 e. The lowest BCUT2D eigenvalue weighted by Crippen LogP contribution is -2.13. The van der Waals surface area contributed by atoms with Crippen LogP contribution in [-0.4, -0.2) is 15.6 Å². The Hall–Kier alpha value is -1.77. The topological polar surface area (TPSA) is 42.2 Å². The number of carbonyl (C=O) groups is 1. The van der Waals surface area contributed by atoms with Crippen molar-refractivity contribution in [3.8, 4) is 0 Å². The van der Waals surface area contributed by atoms with E-state index in [0.717, 1.165) is 16.6 Å². The van der Waals surface area contributed by atoms with Gasteiger partial charge in [0.25, 0.3) is 0 Å². The number of aryl methyl sites for hydroxylation is 1. The number of para-hydroxylation sites is 1. The molecule has 2 rings (SSSR count). The van der Waals surface area contributed by atoms with Crippen LogP contribution in [0.1, 0.15) is 12.6 Å². The standard InChI is InChI=1S/C13H15NO2/c1-9(13(15)16)7-11-8-10-5-3-4-6-12(10)14(11)2/h3-6,8-9H,7H2,1-2H3,(H,15,16). The number of aliphatic carboxylic acids is 1. The van der Waals surface area contributed by atoms with Crippen LogP contribution >= 0.6 is 0 Å². The molecule has 84 valence electrons. The molecule has 1 unspecified atom stereocenters. The highest BCUT2D eigenvalue weighted by Crippen LogP contribution is 2.20. The fraction of sp³-hybridized carbons (Fsp3) is 0.308.